The lowest BCUT2D eigenvalue weighted by molar-refractivity contribution is 0.102. The van der Waals surface area contributed by atoms with Crippen LogP contribution in [0.3, 0.4) is 0 Å². The van der Waals surface area contributed by atoms with Crippen LogP contribution in [0.2, 0.25) is 0 Å². The standard InChI is InChI=1S/C16H16F2N2O/c1-3-19-14-8-7-11(9-10(14)2)16(21)20-15-12(17)5-4-6-13(15)18/h4-9,19H,3H2,1-2H3,(H,20,21). The molecule has 0 aromatic heterocycles. The number of hydrogen-bond donors (Lipinski definition) is 2. The molecule has 0 bridgehead atoms. The number of carbonyl (C=O) groups excluding carboxylic acids is 1. The van der Waals surface area contributed by atoms with Crippen LogP contribution in [0.15, 0.2) is 36.4 Å². The molecule has 0 fully saturated rings. The van der Waals surface area contributed by atoms with Crippen LogP contribution in [0.1, 0.15) is 22.8 Å². The summed E-state index contributed by atoms with van der Waals surface area (Å²) in [4.78, 5) is 12.1. The quantitative estimate of drug-likeness (QED) is 0.895. The van der Waals surface area contributed by atoms with Crippen molar-refractivity contribution >= 4 is 17.3 Å². The minimum absolute atomic E-state index is 0.344. The number of hydrogen-bond acceptors (Lipinski definition) is 2. The highest BCUT2D eigenvalue weighted by atomic mass is 19.1. The van der Waals surface area contributed by atoms with E-state index in [0.717, 1.165) is 29.9 Å². The molecule has 0 saturated heterocycles. The van der Waals surface area contributed by atoms with Crippen molar-refractivity contribution in [1.29, 1.82) is 0 Å². The van der Waals surface area contributed by atoms with E-state index >= 15 is 0 Å². The zero-order valence-corrected chi connectivity index (χ0v) is 11.8. The van der Waals surface area contributed by atoms with Crippen LogP contribution in [-0.4, -0.2) is 12.5 Å². The Kier molecular flexibility index (Phi) is 4.52. The average Bonchev–Trinajstić information content (AvgIpc) is 2.45. The highest BCUT2D eigenvalue weighted by Crippen LogP contribution is 2.21. The van der Waals surface area contributed by atoms with Crippen LogP contribution in [0.5, 0.6) is 0 Å². The summed E-state index contributed by atoms with van der Waals surface area (Å²) < 4.78 is 27.0. The molecule has 5 heteroatoms. The topological polar surface area (TPSA) is 41.1 Å². The number of halogens is 2. The third-order valence-corrected chi connectivity index (χ3v) is 3.06. The monoisotopic (exact) mass is 290 g/mol. The number of para-hydroxylation sites is 1. The Bertz CT molecular complexity index is 651. The highest BCUT2D eigenvalue weighted by Gasteiger charge is 2.14. The van der Waals surface area contributed by atoms with Gasteiger partial charge >= 0.3 is 0 Å². The highest BCUT2D eigenvalue weighted by molar-refractivity contribution is 6.04. The van der Waals surface area contributed by atoms with Crippen molar-refractivity contribution in [1.82, 2.24) is 0 Å². The maximum atomic E-state index is 13.5. The second-order valence-electron chi connectivity index (χ2n) is 4.61. The van der Waals surface area contributed by atoms with E-state index in [1.54, 1.807) is 18.2 Å². The molecule has 0 spiro atoms. The molecule has 0 radical (unpaired) electrons. The summed E-state index contributed by atoms with van der Waals surface area (Å²) >= 11 is 0. The molecule has 0 saturated carbocycles. The van der Waals surface area contributed by atoms with Gasteiger partial charge in [0.05, 0.1) is 0 Å². The first kappa shape index (κ1) is 15.0. The summed E-state index contributed by atoms with van der Waals surface area (Å²) in [6, 6.07) is 8.49. The lowest BCUT2D eigenvalue weighted by Crippen LogP contribution is -2.14. The van der Waals surface area contributed by atoms with Gasteiger partial charge in [-0.25, -0.2) is 8.78 Å². The number of carbonyl (C=O) groups is 1. The lowest BCUT2D eigenvalue weighted by Gasteiger charge is -2.11. The predicted molar refractivity (Wildman–Crippen MR) is 79.7 cm³/mol. The summed E-state index contributed by atoms with van der Waals surface area (Å²) in [6.45, 7) is 4.60. The van der Waals surface area contributed by atoms with E-state index in [4.69, 9.17) is 0 Å². The van der Waals surface area contributed by atoms with E-state index in [0.29, 0.717) is 5.56 Å². The Morgan fingerprint density at radius 2 is 1.81 bits per heavy atom. The Hall–Kier alpha value is -2.43. The SMILES string of the molecule is CCNc1ccc(C(=O)Nc2c(F)cccc2F)cc1C. The average molecular weight is 290 g/mol. The molecule has 0 aliphatic rings. The van der Waals surface area contributed by atoms with E-state index in [9.17, 15) is 13.6 Å². The summed E-state index contributed by atoms with van der Waals surface area (Å²) in [5.41, 5.74) is 1.72. The van der Waals surface area contributed by atoms with Gasteiger partial charge in [-0.1, -0.05) is 6.07 Å². The molecule has 2 rings (SSSR count). The fourth-order valence-electron chi connectivity index (χ4n) is 2.00. The van der Waals surface area contributed by atoms with E-state index in [1.807, 2.05) is 13.8 Å². The van der Waals surface area contributed by atoms with Gasteiger partial charge in [-0.2, -0.15) is 0 Å². The molecular formula is C16H16F2N2O. The molecule has 21 heavy (non-hydrogen) atoms. The summed E-state index contributed by atoms with van der Waals surface area (Å²) in [5.74, 6) is -2.15. The molecule has 0 heterocycles. The molecule has 2 aromatic rings. The molecule has 3 nitrogen and oxygen atoms in total. The molecular weight excluding hydrogens is 274 g/mol. The van der Waals surface area contributed by atoms with E-state index < -0.39 is 23.2 Å². The maximum absolute atomic E-state index is 13.5. The van der Waals surface area contributed by atoms with Crippen molar-refractivity contribution in [3.8, 4) is 0 Å². The van der Waals surface area contributed by atoms with Crippen LogP contribution in [0.4, 0.5) is 20.2 Å². The normalized spacial score (nSPS) is 10.3. The van der Waals surface area contributed by atoms with Gasteiger partial charge in [0.15, 0.2) is 0 Å². The zero-order valence-electron chi connectivity index (χ0n) is 11.8. The number of anilines is 2. The first-order valence-corrected chi connectivity index (χ1v) is 6.62. The Labute approximate surface area is 122 Å². The van der Waals surface area contributed by atoms with Gasteiger partial charge in [0.1, 0.15) is 17.3 Å². The van der Waals surface area contributed by atoms with Gasteiger partial charge in [0.2, 0.25) is 0 Å². The van der Waals surface area contributed by atoms with Crippen LogP contribution >= 0.6 is 0 Å². The van der Waals surface area contributed by atoms with Crippen molar-refractivity contribution in [3.63, 3.8) is 0 Å². The molecule has 2 N–H and O–H groups in total. The smallest absolute Gasteiger partial charge is 0.255 e. The Morgan fingerprint density at radius 3 is 2.38 bits per heavy atom. The molecule has 0 atom stereocenters. The molecule has 0 aliphatic heterocycles. The van der Waals surface area contributed by atoms with Crippen LogP contribution in [0, 0.1) is 18.6 Å². The van der Waals surface area contributed by atoms with Crippen molar-refractivity contribution in [2.75, 3.05) is 17.2 Å². The van der Waals surface area contributed by atoms with Crippen molar-refractivity contribution < 1.29 is 13.6 Å². The third-order valence-electron chi connectivity index (χ3n) is 3.06. The summed E-state index contributed by atoms with van der Waals surface area (Å²) in [7, 11) is 0. The van der Waals surface area contributed by atoms with Gasteiger partial charge in [0, 0.05) is 17.8 Å². The predicted octanol–water partition coefficient (Wildman–Crippen LogP) is 3.96. The minimum atomic E-state index is -0.802. The van der Waals surface area contributed by atoms with Gasteiger partial charge in [-0.15, -0.1) is 0 Å². The largest absolute Gasteiger partial charge is 0.385 e. The van der Waals surface area contributed by atoms with Crippen LogP contribution < -0.4 is 10.6 Å². The van der Waals surface area contributed by atoms with Crippen LogP contribution in [0.25, 0.3) is 0 Å². The van der Waals surface area contributed by atoms with Crippen molar-refractivity contribution in [3.05, 3.63) is 59.2 Å². The molecule has 2 aromatic carbocycles. The van der Waals surface area contributed by atoms with E-state index in [2.05, 4.69) is 10.6 Å². The summed E-state index contributed by atoms with van der Waals surface area (Å²) in [6.07, 6.45) is 0. The Morgan fingerprint density at radius 1 is 1.14 bits per heavy atom. The van der Waals surface area contributed by atoms with Gasteiger partial charge in [-0.3, -0.25) is 4.79 Å². The molecule has 110 valence electrons. The number of benzene rings is 2. The molecule has 0 unspecified atom stereocenters. The molecule has 0 aliphatic carbocycles. The van der Waals surface area contributed by atoms with Crippen LogP contribution in [-0.2, 0) is 0 Å². The number of rotatable bonds is 4. The lowest BCUT2D eigenvalue weighted by atomic mass is 10.1. The second-order valence-corrected chi connectivity index (χ2v) is 4.61. The Balaban J connectivity index is 2.23. The number of aryl methyl sites for hydroxylation is 1. The second kappa shape index (κ2) is 6.35. The van der Waals surface area contributed by atoms with Crippen molar-refractivity contribution in [2.24, 2.45) is 0 Å². The van der Waals surface area contributed by atoms with E-state index in [-0.39, 0.29) is 0 Å². The van der Waals surface area contributed by atoms with Gasteiger partial charge in [0.25, 0.3) is 5.91 Å². The first-order valence-electron chi connectivity index (χ1n) is 6.62. The fraction of sp³-hybridized carbons (Fsp3) is 0.188. The third kappa shape index (κ3) is 3.37. The van der Waals surface area contributed by atoms with E-state index in [1.165, 1.54) is 6.07 Å². The van der Waals surface area contributed by atoms with Crippen molar-refractivity contribution in [2.45, 2.75) is 13.8 Å². The fourth-order valence-corrected chi connectivity index (χ4v) is 2.00. The minimum Gasteiger partial charge on any atom is -0.385 e. The number of nitrogens with one attached hydrogen (secondary N) is 2. The molecule has 1 amide bonds. The number of amides is 1. The maximum Gasteiger partial charge on any atom is 0.255 e. The first-order chi connectivity index (χ1) is 10.0. The van der Waals surface area contributed by atoms with Gasteiger partial charge in [-0.05, 0) is 49.7 Å². The zero-order chi connectivity index (χ0) is 15.4. The summed E-state index contributed by atoms with van der Waals surface area (Å²) in [5, 5.41) is 5.42. The van der Waals surface area contributed by atoms with Gasteiger partial charge < -0.3 is 10.6 Å².